The van der Waals surface area contributed by atoms with Gasteiger partial charge in [0.05, 0.1) is 6.04 Å². The average molecular weight is 318 g/mol. The molecule has 1 atom stereocenters. The van der Waals surface area contributed by atoms with Gasteiger partial charge in [-0.2, -0.15) is 0 Å². The van der Waals surface area contributed by atoms with Crippen molar-refractivity contribution in [3.05, 3.63) is 0 Å². The van der Waals surface area contributed by atoms with Crippen molar-refractivity contribution in [2.24, 2.45) is 0 Å². The van der Waals surface area contributed by atoms with Gasteiger partial charge in [-0.3, -0.25) is 4.90 Å². The Bertz CT molecular complexity index is 369. The lowest BCUT2D eigenvalue weighted by atomic mass is 10.0. The summed E-state index contributed by atoms with van der Waals surface area (Å²) in [5.41, 5.74) is -0.617. The summed E-state index contributed by atoms with van der Waals surface area (Å²) in [6.45, 7) is 16.5. The van der Waals surface area contributed by atoms with E-state index in [-0.39, 0.29) is 5.04 Å². The molecule has 0 fully saturated rings. The normalized spacial score (nSPS) is 14.7. The molecule has 1 N–H and O–H groups in total. The van der Waals surface area contributed by atoms with Crippen LogP contribution in [-0.2, 0) is 9.22 Å². The van der Waals surface area contributed by atoms with E-state index in [2.05, 4.69) is 33.9 Å². The summed E-state index contributed by atoms with van der Waals surface area (Å²) in [5, 5.41) is 9.43. The summed E-state index contributed by atoms with van der Waals surface area (Å²) < 4.78 is 6.03. The summed E-state index contributed by atoms with van der Waals surface area (Å²) in [7, 11) is -1.87. The molecule has 0 aromatic heterocycles. The Morgan fingerprint density at radius 1 is 1.24 bits per heavy atom. The lowest BCUT2D eigenvalue weighted by Gasteiger charge is -2.39. The van der Waals surface area contributed by atoms with Crippen LogP contribution in [0, 0.1) is 0 Å². The van der Waals surface area contributed by atoms with Crippen LogP contribution in [0.4, 0.5) is 4.79 Å². The summed E-state index contributed by atoms with van der Waals surface area (Å²) in [6, 6.07) is -0.674. The van der Waals surface area contributed by atoms with Gasteiger partial charge in [0, 0.05) is 12.1 Å². The third-order valence-corrected chi connectivity index (χ3v) is 8.64. The number of carbonyl (C=O) groups excluding carboxylic acids is 1. The summed E-state index contributed by atoms with van der Waals surface area (Å²) in [4.78, 5) is 23.9. The Labute approximate surface area is 129 Å². The van der Waals surface area contributed by atoms with Crippen LogP contribution in [0.5, 0.6) is 0 Å². The third kappa shape index (κ3) is 5.78. The van der Waals surface area contributed by atoms with E-state index in [0.717, 1.165) is 0 Å². The number of hydrogen-bond acceptors (Lipinski definition) is 3. The number of carboxylic acid groups (broad SMARTS) is 1. The fourth-order valence-electron chi connectivity index (χ4n) is 1.84. The molecular weight excluding hydrogens is 286 g/mol. The molecule has 124 valence electrons. The Kier molecular flexibility index (Phi) is 6.63. The zero-order valence-electron chi connectivity index (χ0n) is 14.7. The highest BCUT2D eigenvalue weighted by Gasteiger charge is 2.38. The fraction of sp³-hybridized carbons (Fsp3) is 0.867. The van der Waals surface area contributed by atoms with E-state index in [1.54, 1.807) is 20.8 Å². The molecule has 0 saturated heterocycles. The van der Waals surface area contributed by atoms with Crippen molar-refractivity contribution < 1.29 is 19.1 Å². The first-order valence-electron chi connectivity index (χ1n) is 7.35. The quantitative estimate of drug-likeness (QED) is 0.598. The van der Waals surface area contributed by atoms with Gasteiger partial charge in [-0.05, 0) is 45.3 Å². The van der Waals surface area contributed by atoms with Gasteiger partial charge in [-0.25, -0.2) is 4.79 Å². The molecular formula is C15H31NO4Si. The number of carbonyl (C=O) groups is 2. The molecule has 0 spiro atoms. The lowest BCUT2D eigenvalue weighted by Crippen LogP contribution is -2.52. The standard InChI is InChI=1S/C15H31NO4Si/c1-14(2,3)16(13(18)19)12(11-17)9-10-20-21(7,8)15(4,5)6/h11-12H,9-10H2,1-8H3,(H,18,19)/t12-/m1/s1. The van der Waals surface area contributed by atoms with E-state index < -0.39 is 26.0 Å². The molecule has 0 aliphatic rings. The zero-order chi connectivity index (χ0) is 17.1. The number of rotatable bonds is 6. The maximum Gasteiger partial charge on any atom is 0.408 e. The summed E-state index contributed by atoms with van der Waals surface area (Å²) in [6.07, 6.45) is 0.0143. The molecule has 0 aromatic carbocycles. The Hall–Kier alpha value is -0.883. The van der Waals surface area contributed by atoms with Crippen molar-refractivity contribution in [1.82, 2.24) is 4.90 Å². The van der Waals surface area contributed by atoms with Gasteiger partial charge in [-0.1, -0.05) is 20.8 Å². The number of amides is 1. The van der Waals surface area contributed by atoms with E-state index >= 15 is 0 Å². The molecule has 0 saturated carbocycles. The smallest absolute Gasteiger partial charge is 0.408 e. The van der Waals surface area contributed by atoms with Crippen LogP contribution in [0.3, 0.4) is 0 Å². The van der Waals surface area contributed by atoms with Gasteiger partial charge < -0.3 is 14.3 Å². The van der Waals surface area contributed by atoms with Crippen molar-refractivity contribution >= 4 is 20.7 Å². The highest BCUT2D eigenvalue weighted by molar-refractivity contribution is 6.74. The van der Waals surface area contributed by atoms with E-state index in [1.807, 2.05) is 0 Å². The lowest BCUT2D eigenvalue weighted by molar-refractivity contribution is -0.114. The molecule has 0 radical (unpaired) electrons. The van der Waals surface area contributed by atoms with E-state index in [1.165, 1.54) is 4.90 Å². The van der Waals surface area contributed by atoms with Gasteiger partial charge in [-0.15, -0.1) is 0 Å². The van der Waals surface area contributed by atoms with Crippen LogP contribution in [0.25, 0.3) is 0 Å². The van der Waals surface area contributed by atoms with Crippen LogP contribution in [0.2, 0.25) is 18.1 Å². The van der Waals surface area contributed by atoms with Crippen LogP contribution >= 0.6 is 0 Å². The first kappa shape index (κ1) is 20.1. The first-order chi connectivity index (χ1) is 9.24. The summed E-state index contributed by atoms with van der Waals surface area (Å²) in [5.74, 6) is 0. The second kappa shape index (κ2) is 6.92. The highest BCUT2D eigenvalue weighted by Crippen LogP contribution is 2.36. The minimum Gasteiger partial charge on any atom is -0.465 e. The largest absolute Gasteiger partial charge is 0.465 e. The average Bonchev–Trinajstić information content (AvgIpc) is 2.23. The van der Waals surface area contributed by atoms with Gasteiger partial charge >= 0.3 is 6.09 Å². The molecule has 0 bridgehead atoms. The molecule has 6 heteroatoms. The maximum atomic E-state index is 11.4. The van der Waals surface area contributed by atoms with E-state index in [4.69, 9.17) is 4.43 Å². The second-order valence-electron chi connectivity index (χ2n) is 7.92. The van der Waals surface area contributed by atoms with Gasteiger partial charge in [0.15, 0.2) is 8.32 Å². The van der Waals surface area contributed by atoms with E-state index in [0.29, 0.717) is 19.3 Å². The van der Waals surface area contributed by atoms with Gasteiger partial charge in [0.1, 0.15) is 6.29 Å². The molecule has 0 aliphatic heterocycles. The fourth-order valence-corrected chi connectivity index (χ4v) is 2.90. The van der Waals surface area contributed by atoms with Gasteiger partial charge in [0.2, 0.25) is 0 Å². The Morgan fingerprint density at radius 3 is 2.00 bits per heavy atom. The van der Waals surface area contributed by atoms with Crippen molar-refractivity contribution in [1.29, 1.82) is 0 Å². The molecule has 5 nitrogen and oxygen atoms in total. The third-order valence-electron chi connectivity index (χ3n) is 4.10. The predicted octanol–water partition coefficient (Wildman–Crippen LogP) is 3.74. The minimum absolute atomic E-state index is 0.0974. The highest BCUT2D eigenvalue weighted by atomic mass is 28.4. The van der Waals surface area contributed by atoms with Crippen LogP contribution in [0.15, 0.2) is 0 Å². The molecule has 0 aromatic rings. The Morgan fingerprint density at radius 2 is 1.71 bits per heavy atom. The zero-order valence-corrected chi connectivity index (χ0v) is 15.7. The summed E-state index contributed by atoms with van der Waals surface area (Å²) >= 11 is 0. The molecule has 0 heterocycles. The minimum atomic E-state index is -1.87. The van der Waals surface area contributed by atoms with Crippen molar-refractivity contribution in [2.45, 2.75) is 77.7 Å². The Balaban J connectivity index is 4.81. The number of nitrogens with zero attached hydrogens (tertiary/aromatic N) is 1. The van der Waals surface area contributed by atoms with Crippen molar-refractivity contribution in [3.63, 3.8) is 0 Å². The molecule has 0 aliphatic carbocycles. The van der Waals surface area contributed by atoms with Crippen LogP contribution < -0.4 is 0 Å². The number of aldehydes is 1. The van der Waals surface area contributed by atoms with E-state index in [9.17, 15) is 14.7 Å². The molecule has 1 amide bonds. The van der Waals surface area contributed by atoms with Gasteiger partial charge in [0.25, 0.3) is 0 Å². The molecule has 0 rings (SSSR count). The SMILES string of the molecule is CC(C)(C)N(C(=O)O)[C@@H](C=O)CCO[Si](C)(C)C(C)(C)C. The number of hydrogen-bond donors (Lipinski definition) is 1. The molecule has 21 heavy (non-hydrogen) atoms. The first-order valence-corrected chi connectivity index (χ1v) is 10.3. The predicted molar refractivity (Wildman–Crippen MR) is 87.2 cm³/mol. The second-order valence-corrected chi connectivity index (χ2v) is 12.7. The monoisotopic (exact) mass is 317 g/mol. The van der Waals surface area contributed by atoms with Crippen LogP contribution in [-0.4, -0.2) is 48.9 Å². The van der Waals surface area contributed by atoms with Crippen molar-refractivity contribution in [3.8, 4) is 0 Å². The molecule has 0 unspecified atom stereocenters. The maximum absolute atomic E-state index is 11.4. The van der Waals surface area contributed by atoms with Crippen LogP contribution in [0.1, 0.15) is 48.0 Å². The topological polar surface area (TPSA) is 66.8 Å². The van der Waals surface area contributed by atoms with Crippen molar-refractivity contribution in [2.75, 3.05) is 6.61 Å².